The lowest BCUT2D eigenvalue weighted by atomic mass is 10.2. The van der Waals surface area contributed by atoms with E-state index >= 15 is 0 Å². The van der Waals surface area contributed by atoms with Crippen molar-refractivity contribution in [3.05, 3.63) is 36.5 Å². The molecule has 2 rings (SSSR count). The number of aromatic nitrogens is 3. The summed E-state index contributed by atoms with van der Waals surface area (Å²) in [5.74, 6) is 2.11. The largest absolute Gasteiger partial charge is 0.367 e. The molecule has 0 saturated heterocycles. The summed E-state index contributed by atoms with van der Waals surface area (Å²) >= 11 is 0. The summed E-state index contributed by atoms with van der Waals surface area (Å²) < 4.78 is 0. The Morgan fingerprint density at radius 1 is 1.04 bits per heavy atom. The van der Waals surface area contributed by atoms with Crippen LogP contribution in [0.15, 0.2) is 36.5 Å². The highest BCUT2D eigenvalue weighted by Gasteiger charge is 2.01. The van der Waals surface area contributed by atoms with E-state index in [2.05, 4.69) is 38.1 Å². The van der Waals surface area contributed by atoms with Crippen molar-refractivity contribution >= 4 is 23.4 Å². The average molecular weight is 314 g/mol. The van der Waals surface area contributed by atoms with Crippen molar-refractivity contribution in [2.75, 3.05) is 23.7 Å². The normalized spacial score (nSPS) is 10.1. The first-order valence-corrected chi connectivity index (χ1v) is 7.80. The molecule has 0 spiro atoms. The van der Waals surface area contributed by atoms with Gasteiger partial charge in [0, 0.05) is 25.7 Å². The summed E-state index contributed by atoms with van der Waals surface area (Å²) in [5, 5.41) is 17.2. The number of pyridine rings is 1. The Balaban J connectivity index is 1.70. The van der Waals surface area contributed by atoms with Gasteiger partial charge >= 0.3 is 0 Å². The van der Waals surface area contributed by atoms with E-state index in [0.717, 1.165) is 18.7 Å². The molecule has 2 aromatic heterocycles. The maximum Gasteiger partial charge on any atom is 0.220 e. The number of rotatable bonds is 9. The van der Waals surface area contributed by atoms with E-state index in [-0.39, 0.29) is 5.91 Å². The monoisotopic (exact) mass is 314 g/mol. The van der Waals surface area contributed by atoms with Gasteiger partial charge in [0.1, 0.15) is 11.6 Å². The molecular formula is C16H22N6O. The maximum absolute atomic E-state index is 11.5. The van der Waals surface area contributed by atoms with Gasteiger partial charge in [-0.25, -0.2) is 4.98 Å². The first-order valence-electron chi connectivity index (χ1n) is 7.80. The lowest BCUT2D eigenvalue weighted by Gasteiger charge is -2.08. The number of amides is 1. The van der Waals surface area contributed by atoms with Gasteiger partial charge in [-0.15, -0.1) is 10.2 Å². The lowest BCUT2D eigenvalue weighted by molar-refractivity contribution is -0.121. The van der Waals surface area contributed by atoms with Crippen molar-refractivity contribution in [1.29, 1.82) is 0 Å². The minimum Gasteiger partial charge on any atom is -0.367 e. The van der Waals surface area contributed by atoms with Crippen molar-refractivity contribution in [1.82, 2.24) is 20.5 Å². The fourth-order valence-corrected chi connectivity index (χ4v) is 1.88. The van der Waals surface area contributed by atoms with E-state index in [1.807, 2.05) is 30.3 Å². The quantitative estimate of drug-likeness (QED) is 0.615. The van der Waals surface area contributed by atoms with Crippen molar-refractivity contribution < 1.29 is 4.79 Å². The Kier molecular flexibility index (Phi) is 6.77. The van der Waals surface area contributed by atoms with E-state index in [0.29, 0.717) is 31.1 Å². The van der Waals surface area contributed by atoms with Gasteiger partial charge in [0.2, 0.25) is 5.91 Å². The van der Waals surface area contributed by atoms with Crippen molar-refractivity contribution in [3.63, 3.8) is 0 Å². The third kappa shape index (κ3) is 6.29. The zero-order chi connectivity index (χ0) is 16.3. The van der Waals surface area contributed by atoms with Gasteiger partial charge in [-0.2, -0.15) is 0 Å². The predicted molar refractivity (Wildman–Crippen MR) is 90.6 cm³/mol. The van der Waals surface area contributed by atoms with Crippen LogP contribution >= 0.6 is 0 Å². The van der Waals surface area contributed by atoms with Crippen molar-refractivity contribution in [2.45, 2.75) is 26.2 Å². The van der Waals surface area contributed by atoms with Crippen LogP contribution in [-0.4, -0.2) is 34.2 Å². The van der Waals surface area contributed by atoms with Gasteiger partial charge < -0.3 is 16.0 Å². The molecule has 0 aromatic carbocycles. The minimum atomic E-state index is 0.0923. The van der Waals surface area contributed by atoms with Crippen LogP contribution in [0.2, 0.25) is 0 Å². The zero-order valence-electron chi connectivity index (χ0n) is 13.2. The van der Waals surface area contributed by atoms with Gasteiger partial charge in [0.15, 0.2) is 5.82 Å². The minimum absolute atomic E-state index is 0.0923. The molecule has 122 valence electrons. The number of anilines is 3. The molecule has 2 aromatic rings. The molecule has 23 heavy (non-hydrogen) atoms. The Morgan fingerprint density at radius 2 is 1.87 bits per heavy atom. The van der Waals surface area contributed by atoms with Gasteiger partial charge in [0.05, 0.1) is 0 Å². The topological polar surface area (TPSA) is 91.8 Å². The van der Waals surface area contributed by atoms with Gasteiger partial charge in [-0.1, -0.05) is 19.4 Å². The highest BCUT2D eigenvalue weighted by Crippen LogP contribution is 2.11. The van der Waals surface area contributed by atoms with Crippen LogP contribution in [0, 0.1) is 0 Å². The third-order valence-electron chi connectivity index (χ3n) is 3.10. The van der Waals surface area contributed by atoms with Crippen LogP contribution in [0.4, 0.5) is 17.5 Å². The summed E-state index contributed by atoms with van der Waals surface area (Å²) in [5.41, 5.74) is 0. The number of carbonyl (C=O) groups excluding carboxylic acids is 1. The van der Waals surface area contributed by atoms with Crippen LogP contribution in [-0.2, 0) is 4.79 Å². The summed E-state index contributed by atoms with van der Waals surface area (Å²) in [6.45, 7) is 3.25. The average Bonchev–Trinajstić information content (AvgIpc) is 2.59. The van der Waals surface area contributed by atoms with Crippen LogP contribution in [0.1, 0.15) is 26.2 Å². The van der Waals surface area contributed by atoms with E-state index in [1.54, 1.807) is 6.20 Å². The maximum atomic E-state index is 11.5. The van der Waals surface area contributed by atoms with Gasteiger partial charge in [0.25, 0.3) is 0 Å². The SMILES string of the molecule is CCCCC(=O)NCCNc1ccc(Nc2ccccn2)nn1. The molecule has 7 heteroatoms. The molecule has 1 amide bonds. The van der Waals surface area contributed by atoms with E-state index in [4.69, 9.17) is 0 Å². The fraction of sp³-hybridized carbons (Fsp3) is 0.375. The molecule has 0 aliphatic rings. The Bertz CT molecular complexity index is 587. The number of nitrogens with one attached hydrogen (secondary N) is 3. The molecule has 0 saturated carbocycles. The number of carbonyl (C=O) groups is 1. The number of nitrogens with zero attached hydrogens (tertiary/aromatic N) is 3. The number of hydrogen-bond acceptors (Lipinski definition) is 6. The Labute approximate surface area is 135 Å². The fourth-order valence-electron chi connectivity index (χ4n) is 1.88. The molecule has 7 nitrogen and oxygen atoms in total. The first-order chi connectivity index (χ1) is 11.3. The number of unbranched alkanes of at least 4 members (excludes halogenated alkanes) is 1. The molecule has 3 N–H and O–H groups in total. The summed E-state index contributed by atoms with van der Waals surface area (Å²) in [6.07, 6.45) is 4.25. The summed E-state index contributed by atoms with van der Waals surface area (Å²) in [4.78, 5) is 15.6. The molecule has 0 aliphatic carbocycles. The molecule has 0 unspecified atom stereocenters. The highest BCUT2D eigenvalue weighted by molar-refractivity contribution is 5.75. The second-order valence-corrected chi connectivity index (χ2v) is 5.02. The van der Waals surface area contributed by atoms with E-state index in [9.17, 15) is 4.79 Å². The van der Waals surface area contributed by atoms with E-state index in [1.165, 1.54) is 0 Å². The standard InChI is InChI=1S/C16H22N6O/c1-2-3-7-16(23)19-12-11-18-14-8-9-15(22-21-14)20-13-6-4-5-10-17-13/h4-6,8-10H,2-3,7,11-12H2,1H3,(H,18,21)(H,19,23)(H,17,20,22). The van der Waals surface area contributed by atoms with Crippen LogP contribution in [0.25, 0.3) is 0 Å². The zero-order valence-corrected chi connectivity index (χ0v) is 13.2. The molecule has 0 fully saturated rings. The molecule has 0 radical (unpaired) electrons. The van der Waals surface area contributed by atoms with Crippen molar-refractivity contribution in [2.24, 2.45) is 0 Å². The molecule has 0 bridgehead atoms. The van der Waals surface area contributed by atoms with Gasteiger partial charge in [-0.3, -0.25) is 4.79 Å². The molecule has 2 heterocycles. The second-order valence-electron chi connectivity index (χ2n) is 5.02. The van der Waals surface area contributed by atoms with Gasteiger partial charge in [-0.05, 0) is 30.7 Å². The third-order valence-corrected chi connectivity index (χ3v) is 3.10. The molecule has 0 atom stereocenters. The Hall–Kier alpha value is -2.70. The van der Waals surface area contributed by atoms with Crippen LogP contribution < -0.4 is 16.0 Å². The summed E-state index contributed by atoms with van der Waals surface area (Å²) in [7, 11) is 0. The highest BCUT2D eigenvalue weighted by atomic mass is 16.1. The predicted octanol–water partition coefficient (Wildman–Crippen LogP) is 2.33. The van der Waals surface area contributed by atoms with Crippen LogP contribution in [0.3, 0.4) is 0 Å². The number of hydrogen-bond donors (Lipinski definition) is 3. The smallest absolute Gasteiger partial charge is 0.220 e. The van der Waals surface area contributed by atoms with Crippen LogP contribution in [0.5, 0.6) is 0 Å². The van der Waals surface area contributed by atoms with E-state index < -0.39 is 0 Å². The molecule has 0 aliphatic heterocycles. The van der Waals surface area contributed by atoms with Crippen molar-refractivity contribution in [3.8, 4) is 0 Å². The lowest BCUT2D eigenvalue weighted by Crippen LogP contribution is -2.28. The summed E-state index contributed by atoms with van der Waals surface area (Å²) in [6, 6.07) is 9.26. The second kappa shape index (κ2) is 9.34. The first kappa shape index (κ1) is 16.7. The Morgan fingerprint density at radius 3 is 2.57 bits per heavy atom. The molecular weight excluding hydrogens is 292 g/mol.